The number of anilines is 1. The Morgan fingerprint density at radius 1 is 0.800 bits per heavy atom. The summed E-state index contributed by atoms with van der Waals surface area (Å²) in [6, 6.07) is 16.2. The Balaban J connectivity index is 1.77. The molecule has 1 saturated carbocycles. The number of azo groups is 1. The van der Waals surface area contributed by atoms with Crippen molar-refractivity contribution in [1.82, 2.24) is 0 Å². The van der Waals surface area contributed by atoms with Crippen LogP contribution in [0, 0.1) is 0 Å². The highest BCUT2D eigenvalue weighted by atomic mass is 32.2. The molecule has 0 saturated heterocycles. The van der Waals surface area contributed by atoms with Crippen LogP contribution in [0.2, 0.25) is 0 Å². The standard InChI is InChI=1S/C26H23N3O5S/c30-25-18-13-7-8-14-19(18)26(31)23-22(25)20(27-16-9-3-1-4-10-16)15-21(35(32,33)34)24(23)29-28-17-11-5-2-6-12-17/h2,5-8,11-16,27H,1,3-4,9-10H2,(H,32,33,34)/b29-28+. The predicted octanol–water partition coefficient (Wildman–Crippen LogP) is 5.87. The lowest BCUT2D eigenvalue weighted by Gasteiger charge is -2.28. The number of hydrogen-bond donors (Lipinski definition) is 2. The quantitative estimate of drug-likeness (QED) is 0.267. The van der Waals surface area contributed by atoms with E-state index >= 15 is 0 Å². The second-order valence-electron chi connectivity index (χ2n) is 8.71. The molecule has 8 nitrogen and oxygen atoms in total. The first-order valence-electron chi connectivity index (χ1n) is 11.4. The third kappa shape index (κ3) is 4.40. The number of carbonyl (C=O) groups excluding carboxylic acids is 2. The first-order valence-corrected chi connectivity index (χ1v) is 12.9. The van der Waals surface area contributed by atoms with E-state index in [0.717, 1.165) is 32.1 Å². The minimum atomic E-state index is -4.81. The number of hydrogen-bond acceptors (Lipinski definition) is 7. The van der Waals surface area contributed by atoms with Crippen molar-refractivity contribution >= 4 is 38.7 Å². The van der Waals surface area contributed by atoms with Crippen LogP contribution in [0.25, 0.3) is 0 Å². The van der Waals surface area contributed by atoms with Gasteiger partial charge in [0.15, 0.2) is 11.6 Å². The average molecular weight is 490 g/mol. The fourth-order valence-corrected chi connectivity index (χ4v) is 5.39. The molecule has 0 aliphatic heterocycles. The molecule has 5 rings (SSSR count). The first-order chi connectivity index (χ1) is 16.8. The number of carbonyl (C=O) groups is 2. The summed E-state index contributed by atoms with van der Waals surface area (Å²) in [5.41, 5.74) is 0.524. The van der Waals surface area contributed by atoms with Crippen LogP contribution in [0.3, 0.4) is 0 Å². The molecule has 2 aliphatic carbocycles. The molecule has 1 fully saturated rings. The van der Waals surface area contributed by atoms with E-state index < -0.39 is 26.6 Å². The normalized spacial score (nSPS) is 16.3. The molecule has 3 aromatic rings. The second kappa shape index (κ2) is 9.16. The van der Waals surface area contributed by atoms with Gasteiger partial charge in [0, 0.05) is 22.9 Å². The highest BCUT2D eigenvalue weighted by Gasteiger charge is 2.38. The number of fused-ring (bicyclic) bond motifs is 2. The van der Waals surface area contributed by atoms with E-state index in [9.17, 15) is 22.6 Å². The molecule has 3 aromatic carbocycles. The van der Waals surface area contributed by atoms with E-state index in [1.54, 1.807) is 48.5 Å². The van der Waals surface area contributed by atoms with Crippen LogP contribution >= 0.6 is 0 Å². The van der Waals surface area contributed by atoms with Gasteiger partial charge in [0.25, 0.3) is 10.1 Å². The Hall–Kier alpha value is -3.69. The van der Waals surface area contributed by atoms with E-state index in [-0.39, 0.29) is 39.7 Å². The zero-order valence-corrected chi connectivity index (χ0v) is 19.6. The lowest BCUT2D eigenvalue weighted by atomic mass is 9.82. The maximum absolute atomic E-state index is 13.7. The van der Waals surface area contributed by atoms with Gasteiger partial charge in [0.1, 0.15) is 10.6 Å². The van der Waals surface area contributed by atoms with Crippen molar-refractivity contribution in [1.29, 1.82) is 0 Å². The minimum absolute atomic E-state index is 0.0129. The van der Waals surface area contributed by atoms with Gasteiger partial charge in [-0.2, -0.15) is 13.5 Å². The predicted molar refractivity (Wildman–Crippen MR) is 131 cm³/mol. The van der Waals surface area contributed by atoms with E-state index in [2.05, 4.69) is 15.5 Å². The third-order valence-corrected chi connectivity index (χ3v) is 7.27. The number of nitrogens with zero attached hydrogens (tertiary/aromatic N) is 2. The summed E-state index contributed by atoms with van der Waals surface area (Å²) in [6.07, 6.45) is 4.82. The van der Waals surface area contributed by atoms with Crippen LogP contribution in [0.5, 0.6) is 0 Å². The number of benzene rings is 3. The van der Waals surface area contributed by atoms with E-state index in [1.807, 2.05) is 0 Å². The maximum atomic E-state index is 13.7. The first kappa shape index (κ1) is 23.1. The molecule has 0 atom stereocenters. The third-order valence-electron chi connectivity index (χ3n) is 6.40. The van der Waals surface area contributed by atoms with Crippen LogP contribution < -0.4 is 5.32 Å². The molecule has 0 aromatic heterocycles. The molecule has 35 heavy (non-hydrogen) atoms. The Morgan fingerprint density at radius 3 is 2.03 bits per heavy atom. The molecule has 0 heterocycles. The number of nitrogens with one attached hydrogen (secondary N) is 1. The van der Waals surface area contributed by atoms with Gasteiger partial charge >= 0.3 is 0 Å². The summed E-state index contributed by atoms with van der Waals surface area (Å²) >= 11 is 0. The topological polar surface area (TPSA) is 125 Å². The average Bonchev–Trinajstić information content (AvgIpc) is 2.86. The number of ketones is 2. The SMILES string of the molecule is O=C1c2ccccc2C(=O)c2c(/N=N/c3ccccc3)c(S(=O)(=O)O)cc(NC3CCCCC3)c21. The van der Waals surface area contributed by atoms with Crippen molar-refractivity contribution in [3.05, 3.63) is 82.9 Å². The molecule has 178 valence electrons. The summed E-state index contributed by atoms with van der Waals surface area (Å²) < 4.78 is 35.0. The Bertz CT molecular complexity index is 1460. The van der Waals surface area contributed by atoms with Crippen LogP contribution in [-0.2, 0) is 10.1 Å². The number of rotatable bonds is 5. The molecule has 0 radical (unpaired) electrons. The Morgan fingerprint density at radius 2 is 1.40 bits per heavy atom. The van der Waals surface area contributed by atoms with Gasteiger partial charge in [0.2, 0.25) is 0 Å². The van der Waals surface area contributed by atoms with E-state index in [1.165, 1.54) is 12.1 Å². The molecule has 9 heteroatoms. The molecule has 0 spiro atoms. The van der Waals surface area contributed by atoms with Crippen molar-refractivity contribution in [2.75, 3.05) is 5.32 Å². The van der Waals surface area contributed by atoms with Gasteiger partial charge in [-0.3, -0.25) is 14.1 Å². The monoisotopic (exact) mass is 489 g/mol. The molecular formula is C26H23N3O5S. The van der Waals surface area contributed by atoms with Crippen LogP contribution in [0.15, 0.2) is 75.8 Å². The summed E-state index contributed by atoms with van der Waals surface area (Å²) in [5, 5.41) is 11.5. The van der Waals surface area contributed by atoms with Crippen molar-refractivity contribution in [2.45, 2.75) is 43.0 Å². The summed E-state index contributed by atoms with van der Waals surface area (Å²) in [5.74, 6) is -0.957. The lowest BCUT2D eigenvalue weighted by molar-refractivity contribution is 0.0980. The van der Waals surface area contributed by atoms with Gasteiger partial charge in [-0.05, 0) is 31.0 Å². The van der Waals surface area contributed by atoms with Gasteiger partial charge in [-0.15, -0.1) is 5.11 Å². The Kier molecular flexibility index (Phi) is 6.04. The summed E-state index contributed by atoms with van der Waals surface area (Å²) in [7, 11) is -4.81. The van der Waals surface area contributed by atoms with Gasteiger partial charge in [-0.1, -0.05) is 61.7 Å². The lowest BCUT2D eigenvalue weighted by Crippen LogP contribution is -2.27. The van der Waals surface area contributed by atoms with Crippen LogP contribution in [0.1, 0.15) is 63.9 Å². The smallest absolute Gasteiger partial charge is 0.296 e. The Labute approximate surface area is 202 Å². The summed E-state index contributed by atoms with van der Waals surface area (Å²) in [4.78, 5) is 26.7. The second-order valence-corrected chi connectivity index (χ2v) is 10.1. The molecule has 0 unspecified atom stereocenters. The molecular weight excluding hydrogens is 466 g/mol. The highest BCUT2D eigenvalue weighted by Crippen LogP contribution is 2.43. The molecule has 2 N–H and O–H groups in total. The maximum Gasteiger partial charge on any atom is 0.296 e. The summed E-state index contributed by atoms with van der Waals surface area (Å²) in [6.45, 7) is 0. The van der Waals surface area contributed by atoms with Crippen molar-refractivity contribution in [2.24, 2.45) is 10.2 Å². The molecule has 2 aliphatic rings. The van der Waals surface area contributed by atoms with Gasteiger partial charge in [-0.25, -0.2) is 0 Å². The zero-order valence-electron chi connectivity index (χ0n) is 18.8. The van der Waals surface area contributed by atoms with Crippen LogP contribution in [0.4, 0.5) is 17.1 Å². The van der Waals surface area contributed by atoms with Crippen molar-refractivity contribution in [3.63, 3.8) is 0 Å². The van der Waals surface area contributed by atoms with Crippen molar-refractivity contribution < 1.29 is 22.6 Å². The highest BCUT2D eigenvalue weighted by molar-refractivity contribution is 7.86. The van der Waals surface area contributed by atoms with Crippen molar-refractivity contribution in [3.8, 4) is 0 Å². The van der Waals surface area contributed by atoms with E-state index in [4.69, 9.17) is 0 Å². The van der Waals surface area contributed by atoms with Gasteiger partial charge in [0.05, 0.1) is 16.8 Å². The molecule has 0 amide bonds. The minimum Gasteiger partial charge on any atom is -0.382 e. The largest absolute Gasteiger partial charge is 0.382 e. The zero-order chi connectivity index (χ0) is 24.6. The fourth-order valence-electron chi connectivity index (χ4n) is 4.73. The van der Waals surface area contributed by atoms with E-state index in [0.29, 0.717) is 5.69 Å². The van der Waals surface area contributed by atoms with Crippen LogP contribution in [-0.4, -0.2) is 30.6 Å². The molecule has 0 bridgehead atoms. The fraction of sp³-hybridized carbons (Fsp3) is 0.231. The van der Waals surface area contributed by atoms with Gasteiger partial charge < -0.3 is 5.32 Å².